The molecule has 2 heterocycles. The van der Waals surface area contributed by atoms with E-state index >= 15 is 0 Å². The highest BCUT2D eigenvalue weighted by atomic mass is 32.2. The minimum absolute atomic E-state index is 0.134. The number of nitrogens with zero attached hydrogens (tertiary/aromatic N) is 3. The molecule has 5 aromatic rings. The summed E-state index contributed by atoms with van der Waals surface area (Å²) in [5.74, 6) is -0.742. The molecule has 0 aliphatic carbocycles. The fourth-order valence-corrected chi connectivity index (χ4v) is 6.11. The number of fused-ring (bicyclic) bond motifs is 1. The molecule has 0 spiro atoms. The number of hydrogen-bond donors (Lipinski definition) is 2. The highest BCUT2D eigenvalue weighted by Gasteiger charge is 2.35. The van der Waals surface area contributed by atoms with Crippen molar-refractivity contribution in [3.8, 4) is 5.88 Å². The average Bonchev–Trinajstić information content (AvgIpc) is 3.30. The van der Waals surface area contributed by atoms with Gasteiger partial charge in [0.15, 0.2) is 5.69 Å². The topological polar surface area (TPSA) is 115 Å². The molecule has 0 bridgehead atoms. The van der Waals surface area contributed by atoms with E-state index in [-0.39, 0.29) is 18.1 Å². The summed E-state index contributed by atoms with van der Waals surface area (Å²) in [6, 6.07) is 24.5. The fourth-order valence-electron chi connectivity index (χ4n) is 4.41. The van der Waals surface area contributed by atoms with Crippen LogP contribution < -0.4 is 4.31 Å². The molecule has 0 saturated heterocycles. The Bertz CT molecular complexity index is 1770. The van der Waals surface area contributed by atoms with E-state index in [4.69, 9.17) is 0 Å². The van der Waals surface area contributed by atoms with E-state index in [0.29, 0.717) is 27.0 Å². The number of carbonyl (C=O) groups excluding carboxylic acids is 1. The van der Waals surface area contributed by atoms with E-state index in [9.17, 15) is 18.3 Å². The summed E-state index contributed by atoms with van der Waals surface area (Å²) in [7, 11) is -3.67. The molecular formula is C26H18N4O4S. The number of carbonyl (C=O) groups is 1. The predicted molar refractivity (Wildman–Crippen MR) is 133 cm³/mol. The quantitative estimate of drug-likeness (QED) is 0.322. The number of aromatic amines is 1. The molecule has 1 amide bonds. The second kappa shape index (κ2) is 7.78. The van der Waals surface area contributed by atoms with Crippen LogP contribution in [0.2, 0.25) is 0 Å². The van der Waals surface area contributed by atoms with Crippen molar-refractivity contribution in [2.45, 2.75) is 11.4 Å². The van der Waals surface area contributed by atoms with Gasteiger partial charge in [0, 0.05) is 16.3 Å². The van der Waals surface area contributed by atoms with E-state index < -0.39 is 15.9 Å². The first-order valence-corrected chi connectivity index (χ1v) is 12.3. The third-order valence-electron chi connectivity index (χ3n) is 6.11. The molecule has 1 aliphatic rings. The maximum absolute atomic E-state index is 13.2. The van der Waals surface area contributed by atoms with Crippen LogP contribution in [0.1, 0.15) is 15.9 Å². The van der Waals surface area contributed by atoms with Gasteiger partial charge in [-0.1, -0.05) is 54.6 Å². The number of benzene rings is 4. The second-order valence-electron chi connectivity index (χ2n) is 8.21. The van der Waals surface area contributed by atoms with Crippen molar-refractivity contribution in [2.24, 2.45) is 10.2 Å². The van der Waals surface area contributed by atoms with Crippen LogP contribution in [0.5, 0.6) is 5.88 Å². The fraction of sp³-hybridized carbons (Fsp3) is 0.0385. The van der Waals surface area contributed by atoms with Gasteiger partial charge < -0.3 is 10.1 Å². The van der Waals surface area contributed by atoms with Crippen LogP contribution in [-0.2, 0) is 16.6 Å². The van der Waals surface area contributed by atoms with Gasteiger partial charge in [-0.15, -0.1) is 10.2 Å². The van der Waals surface area contributed by atoms with Gasteiger partial charge in [0.2, 0.25) is 5.88 Å². The monoisotopic (exact) mass is 482 g/mol. The first kappa shape index (κ1) is 21.1. The largest absolute Gasteiger partial charge is 0.493 e. The number of nitrogens with one attached hydrogen (secondary N) is 1. The number of aromatic hydroxyl groups is 1. The molecule has 6 rings (SSSR count). The highest BCUT2D eigenvalue weighted by Crippen LogP contribution is 2.42. The normalized spacial score (nSPS) is 14.3. The molecule has 4 aromatic carbocycles. The van der Waals surface area contributed by atoms with Crippen LogP contribution in [0.3, 0.4) is 0 Å². The molecule has 0 fully saturated rings. The highest BCUT2D eigenvalue weighted by molar-refractivity contribution is 7.93. The third kappa shape index (κ3) is 3.36. The van der Waals surface area contributed by atoms with Crippen molar-refractivity contribution in [2.75, 3.05) is 4.31 Å². The Labute approximate surface area is 200 Å². The maximum atomic E-state index is 13.2. The summed E-state index contributed by atoms with van der Waals surface area (Å²) in [4.78, 5) is 15.7. The first-order chi connectivity index (χ1) is 16.9. The zero-order valence-electron chi connectivity index (χ0n) is 18.2. The van der Waals surface area contributed by atoms with Gasteiger partial charge in [0.1, 0.15) is 0 Å². The summed E-state index contributed by atoms with van der Waals surface area (Å²) in [5.41, 5.74) is 2.54. The number of para-hydroxylation sites is 1. The molecule has 0 atom stereocenters. The molecule has 35 heavy (non-hydrogen) atoms. The molecule has 172 valence electrons. The number of aromatic nitrogens is 1. The van der Waals surface area contributed by atoms with Crippen LogP contribution in [0.15, 0.2) is 100 Å². The molecule has 0 unspecified atom stereocenters. The van der Waals surface area contributed by atoms with Crippen LogP contribution in [0, 0.1) is 0 Å². The Morgan fingerprint density at radius 1 is 0.914 bits per heavy atom. The zero-order valence-corrected chi connectivity index (χ0v) is 19.0. The minimum Gasteiger partial charge on any atom is -0.493 e. The van der Waals surface area contributed by atoms with E-state index in [1.165, 1.54) is 4.31 Å². The number of H-pyrrole nitrogens is 1. The van der Waals surface area contributed by atoms with E-state index in [2.05, 4.69) is 15.2 Å². The molecular weight excluding hydrogens is 464 g/mol. The van der Waals surface area contributed by atoms with Crippen LogP contribution in [0.25, 0.3) is 21.7 Å². The van der Waals surface area contributed by atoms with Gasteiger partial charge in [-0.3, -0.25) is 9.10 Å². The molecule has 0 saturated carbocycles. The number of rotatable bonds is 4. The lowest BCUT2D eigenvalue weighted by Gasteiger charge is -2.19. The van der Waals surface area contributed by atoms with Gasteiger partial charge in [-0.25, -0.2) is 8.42 Å². The smallest absolute Gasteiger partial charge is 0.295 e. The number of azo groups is 1. The summed E-state index contributed by atoms with van der Waals surface area (Å²) in [6.45, 7) is 0.134. The van der Waals surface area contributed by atoms with E-state index in [0.717, 1.165) is 16.3 Å². The van der Waals surface area contributed by atoms with Gasteiger partial charge in [0.05, 0.1) is 22.6 Å². The maximum Gasteiger partial charge on any atom is 0.295 e. The van der Waals surface area contributed by atoms with Crippen LogP contribution in [-0.4, -0.2) is 24.4 Å². The second-order valence-corrected chi connectivity index (χ2v) is 10.0. The Morgan fingerprint density at radius 3 is 2.46 bits per heavy atom. The lowest BCUT2D eigenvalue weighted by atomic mass is 10.1. The number of amides is 1. The Morgan fingerprint density at radius 2 is 1.66 bits per heavy atom. The lowest BCUT2D eigenvalue weighted by molar-refractivity contribution is 0.0995. The Kier molecular flexibility index (Phi) is 4.68. The Hall–Kier alpha value is -4.50. The lowest BCUT2D eigenvalue weighted by Crippen LogP contribution is -2.26. The number of hydrogen-bond acceptors (Lipinski definition) is 5. The zero-order chi connectivity index (χ0) is 24.2. The number of sulfonamides is 1. The van der Waals surface area contributed by atoms with Gasteiger partial charge in [-0.2, -0.15) is 0 Å². The first-order valence-electron chi connectivity index (χ1n) is 10.8. The third-order valence-corrected chi connectivity index (χ3v) is 7.91. The molecule has 9 heteroatoms. The standard InChI is InChI=1S/C26H18N4O4S/c31-25(29-28-24-19-7-1-2-8-20(19)27-26(24)32)18-13-11-16(12-14-18)15-30-21-9-3-5-17-6-4-10-22(23(17)21)35(30,33)34/h1-14,27,32H,15H2. The van der Waals surface area contributed by atoms with Gasteiger partial charge in [-0.05, 0) is 41.3 Å². The number of anilines is 1. The minimum atomic E-state index is -3.67. The summed E-state index contributed by atoms with van der Waals surface area (Å²) in [6.07, 6.45) is 0. The van der Waals surface area contributed by atoms with Crippen molar-refractivity contribution >= 4 is 49.0 Å². The summed E-state index contributed by atoms with van der Waals surface area (Å²) < 4.78 is 27.8. The van der Waals surface area contributed by atoms with E-state index in [1.54, 1.807) is 60.7 Å². The molecule has 1 aliphatic heterocycles. The molecule has 1 aromatic heterocycles. The van der Waals surface area contributed by atoms with Crippen molar-refractivity contribution in [1.29, 1.82) is 0 Å². The molecule has 0 radical (unpaired) electrons. The van der Waals surface area contributed by atoms with Crippen molar-refractivity contribution in [1.82, 2.24) is 4.98 Å². The van der Waals surface area contributed by atoms with Crippen molar-refractivity contribution in [3.63, 3.8) is 0 Å². The summed E-state index contributed by atoms with van der Waals surface area (Å²) in [5, 5.41) is 20.0. The molecule has 8 nitrogen and oxygen atoms in total. The van der Waals surface area contributed by atoms with Crippen LogP contribution in [0.4, 0.5) is 11.4 Å². The van der Waals surface area contributed by atoms with Gasteiger partial charge in [0.25, 0.3) is 15.9 Å². The Balaban J connectivity index is 1.24. The average molecular weight is 483 g/mol. The van der Waals surface area contributed by atoms with Crippen molar-refractivity contribution in [3.05, 3.63) is 96.1 Å². The predicted octanol–water partition coefficient (Wildman–Crippen LogP) is 5.66. The van der Waals surface area contributed by atoms with Gasteiger partial charge >= 0.3 is 0 Å². The van der Waals surface area contributed by atoms with Crippen molar-refractivity contribution < 1.29 is 18.3 Å². The summed E-state index contributed by atoms with van der Waals surface area (Å²) >= 11 is 0. The SMILES string of the molecule is O=C(N=Nc1c(O)[nH]c2ccccc12)c1ccc(CN2c3cccc4cccc(c34)S2(=O)=O)cc1. The molecule has 2 N–H and O–H groups in total. The van der Waals surface area contributed by atoms with Crippen LogP contribution >= 0.6 is 0 Å². The van der Waals surface area contributed by atoms with E-state index in [1.807, 2.05) is 24.3 Å².